The second-order valence-corrected chi connectivity index (χ2v) is 8.33. The summed E-state index contributed by atoms with van der Waals surface area (Å²) < 4.78 is 16.3. The fraction of sp³-hybridized carbons (Fsp3) is 0.348. The number of amides is 2. The van der Waals surface area contributed by atoms with E-state index in [0.29, 0.717) is 29.4 Å². The van der Waals surface area contributed by atoms with Gasteiger partial charge in [0.05, 0.1) is 31.5 Å². The molecule has 0 saturated heterocycles. The molecule has 11 heteroatoms. The number of nitrogens with one attached hydrogen (secondary N) is 3. The van der Waals surface area contributed by atoms with Crippen molar-refractivity contribution in [3.63, 3.8) is 0 Å². The molecule has 1 aliphatic heterocycles. The van der Waals surface area contributed by atoms with E-state index in [0.717, 1.165) is 10.4 Å². The number of allylic oxidation sites excluding steroid dienone is 1. The van der Waals surface area contributed by atoms with Gasteiger partial charge >= 0.3 is 12.0 Å². The molecule has 2 amide bonds. The molecule has 4 N–H and O–H groups in total. The molecule has 0 radical (unpaired) electrons. The Bertz CT molecular complexity index is 1100. The number of aliphatic hydroxyl groups excluding tert-OH is 1. The predicted octanol–water partition coefficient (Wildman–Crippen LogP) is 2.58. The number of aliphatic hydroxyl groups is 1. The van der Waals surface area contributed by atoms with Crippen molar-refractivity contribution < 1.29 is 28.9 Å². The van der Waals surface area contributed by atoms with Crippen LogP contribution in [0.4, 0.5) is 4.79 Å². The Morgan fingerprint density at radius 3 is 2.76 bits per heavy atom. The molecule has 2 atom stereocenters. The van der Waals surface area contributed by atoms with Crippen LogP contribution in [0.15, 0.2) is 46.0 Å². The summed E-state index contributed by atoms with van der Waals surface area (Å²) in [5.74, 6) is 0.241. The van der Waals surface area contributed by atoms with E-state index >= 15 is 0 Å². The summed E-state index contributed by atoms with van der Waals surface area (Å²) in [5, 5.41) is 21.5. The lowest BCUT2D eigenvalue weighted by Crippen LogP contribution is -2.45. The lowest BCUT2D eigenvalue weighted by atomic mass is 9.95. The number of benzene rings is 1. The minimum Gasteiger partial charge on any atom is -0.490 e. The van der Waals surface area contributed by atoms with Gasteiger partial charge in [-0.25, -0.2) is 9.59 Å². The molecular formula is C23H28N4O6S. The highest BCUT2D eigenvalue weighted by Gasteiger charge is 2.32. The summed E-state index contributed by atoms with van der Waals surface area (Å²) >= 11 is 1.55. The number of rotatable bonds is 10. The van der Waals surface area contributed by atoms with Crippen molar-refractivity contribution in [3.8, 4) is 11.5 Å². The third kappa shape index (κ3) is 6.06. The van der Waals surface area contributed by atoms with Crippen molar-refractivity contribution in [1.29, 1.82) is 0 Å². The number of thiophene rings is 1. The van der Waals surface area contributed by atoms with Gasteiger partial charge in [-0.2, -0.15) is 5.10 Å². The molecule has 0 aliphatic carbocycles. The molecule has 0 bridgehead atoms. The molecular weight excluding hydrogens is 460 g/mol. The zero-order valence-corrected chi connectivity index (χ0v) is 20.2. The second-order valence-electron chi connectivity index (χ2n) is 7.38. The Hall–Kier alpha value is -3.57. The molecule has 1 aliphatic rings. The first-order valence-corrected chi connectivity index (χ1v) is 11.5. The summed E-state index contributed by atoms with van der Waals surface area (Å²) in [7, 11) is 1.28. The van der Waals surface area contributed by atoms with E-state index in [9.17, 15) is 14.7 Å². The van der Waals surface area contributed by atoms with E-state index < -0.39 is 24.3 Å². The summed E-state index contributed by atoms with van der Waals surface area (Å²) in [4.78, 5) is 25.4. The van der Waals surface area contributed by atoms with Gasteiger partial charge in [0, 0.05) is 10.6 Å². The predicted molar refractivity (Wildman–Crippen MR) is 128 cm³/mol. The Morgan fingerprint density at radius 2 is 2.09 bits per heavy atom. The maximum Gasteiger partial charge on any atom is 0.337 e. The van der Waals surface area contributed by atoms with Crippen LogP contribution in [0, 0.1) is 6.92 Å². The van der Waals surface area contributed by atoms with Gasteiger partial charge in [-0.05, 0) is 55.5 Å². The minimum atomic E-state index is -1.05. The Balaban J connectivity index is 1.73. The number of methoxy groups -OCH3 is 1. The van der Waals surface area contributed by atoms with Gasteiger partial charge in [0.2, 0.25) is 0 Å². The van der Waals surface area contributed by atoms with Gasteiger partial charge in [-0.1, -0.05) is 6.07 Å². The molecule has 2 aromatic rings. The van der Waals surface area contributed by atoms with Gasteiger partial charge in [0.15, 0.2) is 17.7 Å². The van der Waals surface area contributed by atoms with Crippen molar-refractivity contribution in [3.05, 3.63) is 56.9 Å². The molecule has 1 aromatic heterocycles. The van der Waals surface area contributed by atoms with Crippen LogP contribution in [-0.2, 0) is 9.53 Å². The fourth-order valence-corrected chi connectivity index (χ4v) is 4.11. The number of nitrogens with zero attached hydrogens (tertiary/aromatic N) is 1. The maximum absolute atomic E-state index is 12.3. The number of urea groups is 1. The highest BCUT2D eigenvalue weighted by Crippen LogP contribution is 2.34. The summed E-state index contributed by atoms with van der Waals surface area (Å²) in [6.45, 7) is 5.72. The SMILES string of the molecule is CCOc1cc([C@@H]2NC(=O)NC(C)=C2C(=O)OC)ccc1OC[C@H](O)N/N=C\c1sccc1C. The van der Waals surface area contributed by atoms with Crippen molar-refractivity contribution >= 4 is 29.6 Å². The Morgan fingerprint density at radius 1 is 1.29 bits per heavy atom. The molecule has 0 saturated carbocycles. The van der Waals surface area contributed by atoms with Crippen molar-refractivity contribution in [2.24, 2.45) is 5.10 Å². The molecule has 1 aromatic carbocycles. The molecule has 3 rings (SSSR count). The van der Waals surface area contributed by atoms with Crippen LogP contribution in [0.5, 0.6) is 11.5 Å². The van der Waals surface area contributed by atoms with Gasteiger partial charge in [-0.15, -0.1) is 11.3 Å². The Labute approximate surface area is 201 Å². The zero-order chi connectivity index (χ0) is 24.7. The number of esters is 1. The standard InChI is InChI=1S/C23H28N4O6S/c1-5-32-17-10-15(21-20(22(29)31-4)14(3)25-23(30)26-21)6-7-16(17)33-12-19(28)27-24-11-18-13(2)8-9-34-18/h6-11,19,21,27-28H,5,12H2,1-4H3,(H2,25,26,30)/b24-11-/t19-,21-/m0/s1. The number of hydrazone groups is 1. The molecule has 0 fully saturated rings. The number of hydrogen-bond acceptors (Lipinski definition) is 9. The first kappa shape index (κ1) is 25.1. The lowest BCUT2D eigenvalue weighted by Gasteiger charge is -2.28. The number of carbonyl (C=O) groups excluding carboxylic acids is 2. The molecule has 34 heavy (non-hydrogen) atoms. The number of ether oxygens (including phenoxy) is 3. The topological polar surface area (TPSA) is 131 Å². The molecule has 182 valence electrons. The van der Waals surface area contributed by atoms with E-state index in [2.05, 4.69) is 21.2 Å². The van der Waals surface area contributed by atoms with Crippen LogP contribution >= 0.6 is 11.3 Å². The fourth-order valence-electron chi connectivity index (χ4n) is 3.32. The first-order chi connectivity index (χ1) is 16.3. The molecule has 0 spiro atoms. The van der Waals surface area contributed by atoms with Gasteiger partial charge in [0.1, 0.15) is 6.61 Å². The number of carbonyl (C=O) groups is 2. The van der Waals surface area contributed by atoms with E-state index in [1.165, 1.54) is 7.11 Å². The van der Waals surface area contributed by atoms with E-state index in [1.807, 2.05) is 25.3 Å². The number of aryl methyl sites for hydroxylation is 1. The smallest absolute Gasteiger partial charge is 0.337 e. The molecule has 10 nitrogen and oxygen atoms in total. The second kappa shape index (κ2) is 11.5. The van der Waals surface area contributed by atoms with E-state index in [4.69, 9.17) is 14.2 Å². The largest absolute Gasteiger partial charge is 0.490 e. The van der Waals surface area contributed by atoms with Crippen molar-refractivity contribution in [2.45, 2.75) is 33.0 Å². The van der Waals surface area contributed by atoms with E-state index in [1.54, 1.807) is 42.7 Å². The lowest BCUT2D eigenvalue weighted by molar-refractivity contribution is -0.136. The highest BCUT2D eigenvalue weighted by molar-refractivity contribution is 7.11. The van der Waals surface area contributed by atoms with Crippen LogP contribution < -0.4 is 25.5 Å². The van der Waals surface area contributed by atoms with Crippen LogP contribution in [0.2, 0.25) is 0 Å². The van der Waals surface area contributed by atoms with Gasteiger partial charge in [-0.3, -0.25) is 5.43 Å². The normalized spacial score (nSPS) is 16.6. The average molecular weight is 489 g/mol. The Kier molecular flexibility index (Phi) is 8.50. The highest BCUT2D eigenvalue weighted by atomic mass is 32.1. The first-order valence-electron chi connectivity index (χ1n) is 10.6. The van der Waals surface area contributed by atoms with Gasteiger partial charge < -0.3 is 30.0 Å². The van der Waals surface area contributed by atoms with Crippen molar-refractivity contribution in [1.82, 2.24) is 16.1 Å². The van der Waals surface area contributed by atoms with Crippen LogP contribution in [0.25, 0.3) is 0 Å². The average Bonchev–Trinajstić information content (AvgIpc) is 3.22. The monoisotopic (exact) mass is 488 g/mol. The quantitative estimate of drug-likeness (QED) is 0.175. The van der Waals surface area contributed by atoms with Crippen LogP contribution in [0.3, 0.4) is 0 Å². The molecule has 0 unspecified atom stereocenters. The summed E-state index contributed by atoms with van der Waals surface area (Å²) in [6.07, 6.45) is 0.594. The summed E-state index contributed by atoms with van der Waals surface area (Å²) in [5.41, 5.74) is 5.03. The van der Waals surface area contributed by atoms with Crippen molar-refractivity contribution in [2.75, 3.05) is 20.3 Å². The van der Waals surface area contributed by atoms with Crippen LogP contribution in [-0.4, -0.2) is 49.9 Å². The minimum absolute atomic E-state index is 0.0866. The van der Waals surface area contributed by atoms with E-state index in [-0.39, 0.29) is 12.2 Å². The van der Waals surface area contributed by atoms with Gasteiger partial charge in [0.25, 0.3) is 0 Å². The number of hydrogen-bond donors (Lipinski definition) is 4. The third-order valence-electron chi connectivity index (χ3n) is 4.98. The van der Waals surface area contributed by atoms with Crippen LogP contribution in [0.1, 0.15) is 35.9 Å². The molecule has 2 heterocycles. The summed E-state index contributed by atoms with van der Waals surface area (Å²) in [6, 6.07) is 5.89. The zero-order valence-electron chi connectivity index (χ0n) is 19.4. The third-order valence-corrected chi connectivity index (χ3v) is 5.93. The maximum atomic E-state index is 12.3.